The molecule has 1 aliphatic rings. The number of halogens is 2. The van der Waals surface area contributed by atoms with Gasteiger partial charge in [0.1, 0.15) is 12.2 Å². The van der Waals surface area contributed by atoms with Crippen LogP contribution in [0.5, 0.6) is 0 Å². The van der Waals surface area contributed by atoms with Crippen molar-refractivity contribution in [3.8, 4) is 0 Å². The molecule has 1 aromatic heterocycles. The Labute approximate surface area is 98.3 Å². The number of aromatic nitrogens is 2. The zero-order valence-electron chi connectivity index (χ0n) is 8.92. The number of ether oxygens (including phenoxy) is 1. The zero-order chi connectivity index (χ0) is 13.4. The Morgan fingerprint density at radius 1 is 1.50 bits per heavy atom. The second-order valence-electron chi connectivity index (χ2n) is 3.83. The molecule has 0 saturated carbocycles. The number of hydrogen-bond donors (Lipinski definition) is 3. The predicted octanol–water partition coefficient (Wildman–Crippen LogP) is -1.74. The lowest BCUT2D eigenvalue weighted by Crippen LogP contribution is -2.37. The van der Waals surface area contributed by atoms with E-state index in [1.54, 1.807) is 4.98 Å². The number of nitrogens with zero attached hydrogens (tertiary/aromatic N) is 1. The fourth-order valence-electron chi connectivity index (χ4n) is 1.74. The van der Waals surface area contributed by atoms with E-state index in [-0.39, 0.29) is 0 Å². The van der Waals surface area contributed by atoms with Crippen molar-refractivity contribution in [2.24, 2.45) is 0 Å². The fraction of sp³-hybridized carbons (Fsp3) is 0.556. The van der Waals surface area contributed by atoms with Crippen LogP contribution in [0.25, 0.3) is 0 Å². The zero-order valence-corrected chi connectivity index (χ0v) is 8.92. The van der Waals surface area contributed by atoms with Gasteiger partial charge in [0.05, 0.1) is 12.8 Å². The van der Waals surface area contributed by atoms with Gasteiger partial charge >= 0.3 is 5.69 Å². The van der Waals surface area contributed by atoms with Gasteiger partial charge < -0.3 is 14.9 Å². The molecule has 3 N–H and O–H groups in total. The molecular weight excluding hydrogens is 254 g/mol. The number of hydrogen-bond acceptors (Lipinski definition) is 5. The third-order valence-corrected chi connectivity index (χ3v) is 2.67. The monoisotopic (exact) mass is 264 g/mol. The van der Waals surface area contributed by atoms with Crippen molar-refractivity contribution in [2.75, 3.05) is 6.61 Å². The minimum Gasteiger partial charge on any atom is -0.394 e. The molecule has 1 fully saturated rings. The second kappa shape index (κ2) is 4.59. The van der Waals surface area contributed by atoms with Gasteiger partial charge in [-0.3, -0.25) is 14.3 Å². The van der Waals surface area contributed by atoms with Crippen LogP contribution in [0.1, 0.15) is 6.23 Å². The van der Waals surface area contributed by atoms with E-state index in [4.69, 9.17) is 9.84 Å². The molecule has 7 nitrogen and oxygen atoms in total. The molecule has 2 heterocycles. The summed E-state index contributed by atoms with van der Waals surface area (Å²) in [5.74, 6) is -1.27. The van der Waals surface area contributed by atoms with E-state index in [2.05, 4.69) is 0 Å². The maximum Gasteiger partial charge on any atom is 0.330 e. The smallest absolute Gasteiger partial charge is 0.330 e. The molecule has 9 heteroatoms. The van der Waals surface area contributed by atoms with E-state index in [0.29, 0.717) is 10.8 Å². The summed E-state index contributed by atoms with van der Waals surface area (Å²) in [7, 11) is 0. The van der Waals surface area contributed by atoms with Gasteiger partial charge in [-0.25, -0.2) is 9.18 Å². The highest BCUT2D eigenvalue weighted by atomic mass is 19.1. The van der Waals surface area contributed by atoms with Gasteiger partial charge in [0, 0.05) is 0 Å². The van der Waals surface area contributed by atoms with Crippen molar-refractivity contribution < 1.29 is 23.7 Å². The van der Waals surface area contributed by atoms with E-state index in [1.807, 2.05) is 0 Å². The average molecular weight is 264 g/mol. The van der Waals surface area contributed by atoms with Crippen LogP contribution in [0, 0.1) is 5.82 Å². The largest absolute Gasteiger partial charge is 0.394 e. The van der Waals surface area contributed by atoms with E-state index in [0.717, 1.165) is 0 Å². The summed E-state index contributed by atoms with van der Waals surface area (Å²) < 4.78 is 31.9. The number of nitrogens with one attached hydrogen (secondary N) is 1. The topological polar surface area (TPSA) is 105 Å². The SMILES string of the molecule is O=c1[nH]c(=O)n([C@@H]2O[C@H](CO)C(F)[C@H]2O)cc1F. The number of aliphatic hydroxyl groups excluding tert-OH is 2. The molecule has 2 rings (SSSR count). The van der Waals surface area contributed by atoms with E-state index in [9.17, 15) is 23.5 Å². The lowest BCUT2D eigenvalue weighted by atomic mass is 10.1. The summed E-state index contributed by atoms with van der Waals surface area (Å²) >= 11 is 0. The Hall–Kier alpha value is -1.58. The van der Waals surface area contributed by atoms with Crippen molar-refractivity contribution >= 4 is 0 Å². The minimum atomic E-state index is -1.91. The van der Waals surface area contributed by atoms with Crippen LogP contribution >= 0.6 is 0 Å². The summed E-state index contributed by atoms with van der Waals surface area (Å²) in [5.41, 5.74) is -2.27. The van der Waals surface area contributed by atoms with Crippen molar-refractivity contribution in [3.05, 3.63) is 32.9 Å². The van der Waals surface area contributed by atoms with Crippen LogP contribution in [0.2, 0.25) is 0 Å². The first-order valence-electron chi connectivity index (χ1n) is 5.05. The maximum atomic E-state index is 13.4. The Balaban J connectivity index is 2.42. The highest BCUT2D eigenvalue weighted by Gasteiger charge is 2.45. The van der Waals surface area contributed by atoms with Gasteiger partial charge in [-0.1, -0.05) is 0 Å². The van der Waals surface area contributed by atoms with Crippen LogP contribution in [0.15, 0.2) is 15.8 Å². The van der Waals surface area contributed by atoms with Crippen molar-refractivity contribution in [1.29, 1.82) is 0 Å². The molecule has 0 spiro atoms. The molecule has 1 aliphatic heterocycles. The molecule has 0 aromatic carbocycles. The summed E-state index contributed by atoms with van der Waals surface area (Å²) in [6.45, 7) is -0.699. The van der Waals surface area contributed by atoms with Crippen molar-refractivity contribution in [3.63, 3.8) is 0 Å². The second-order valence-corrected chi connectivity index (χ2v) is 3.83. The molecular formula is C9H10F2N2O5. The van der Waals surface area contributed by atoms with Gasteiger partial charge in [-0.05, 0) is 0 Å². The number of H-pyrrole nitrogens is 1. The molecule has 0 amide bonds. The first kappa shape index (κ1) is 12.9. The molecule has 18 heavy (non-hydrogen) atoms. The van der Waals surface area contributed by atoms with Gasteiger partial charge in [0.25, 0.3) is 5.56 Å². The van der Waals surface area contributed by atoms with Crippen LogP contribution in [0.3, 0.4) is 0 Å². The Bertz CT molecular complexity index is 557. The summed E-state index contributed by atoms with van der Waals surface area (Å²) in [4.78, 5) is 23.9. The third-order valence-electron chi connectivity index (χ3n) is 2.67. The van der Waals surface area contributed by atoms with Crippen LogP contribution in [-0.2, 0) is 4.74 Å². The quantitative estimate of drug-likeness (QED) is 0.588. The summed E-state index contributed by atoms with van der Waals surface area (Å²) in [6.07, 6.45) is -5.96. The van der Waals surface area contributed by atoms with Gasteiger partial charge in [0.2, 0.25) is 5.82 Å². The Morgan fingerprint density at radius 3 is 2.72 bits per heavy atom. The minimum absolute atomic E-state index is 0.515. The summed E-state index contributed by atoms with van der Waals surface area (Å²) in [5, 5.41) is 18.3. The van der Waals surface area contributed by atoms with E-state index >= 15 is 0 Å². The highest BCUT2D eigenvalue weighted by molar-refractivity contribution is 4.94. The van der Waals surface area contributed by atoms with Crippen LogP contribution in [-0.4, -0.2) is 44.8 Å². The molecule has 0 bridgehead atoms. The Morgan fingerprint density at radius 2 is 2.17 bits per heavy atom. The van der Waals surface area contributed by atoms with E-state index in [1.165, 1.54) is 0 Å². The normalized spacial score (nSPS) is 31.8. The van der Waals surface area contributed by atoms with Gasteiger partial charge in [-0.2, -0.15) is 4.39 Å². The maximum absolute atomic E-state index is 13.4. The van der Waals surface area contributed by atoms with Gasteiger partial charge in [-0.15, -0.1) is 0 Å². The average Bonchev–Trinajstić information content (AvgIpc) is 2.61. The first-order chi connectivity index (χ1) is 8.45. The fourth-order valence-corrected chi connectivity index (χ4v) is 1.74. The molecule has 0 radical (unpaired) electrons. The number of aromatic amines is 1. The standard InChI is InChI=1S/C9H10F2N2O5/c10-3-1-13(9(17)12-7(3)16)8-6(15)5(11)4(2-14)18-8/h1,4-6,8,14-15H,2H2,(H,12,16,17)/t4-,5?,6-,8-/m1/s1. The molecule has 4 atom stereocenters. The van der Waals surface area contributed by atoms with Crippen molar-refractivity contribution in [1.82, 2.24) is 9.55 Å². The Kier molecular flexibility index (Phi) is 3.28. The predicted molar refractivity (Wildman–Crippen MR) is 53.2 cm³/mol. The van der Waals surface area contributed by atoms with E-state index < -0.39 is 48.3 Å². The molecule has 1 unspecified atom stereocenters. The molecule has 0 aliphatic carbocycles. The highest BCUT2D eigenvalue weighted by Crippen LogP contribution is 2.30. The molecule has 100 valence electrons. The lowest BCUT2D eigenvalue weighted by Gasteiger charge is -2.16. The number of aliphatic hydroxyl groups is 2. The number of rotatable bonds is 2. The third kappa shape index (κ3) is 1.96. The lowest BCUT2D eigenvalue weighted by molar-refractivity contribution is -0.0542. The van der Waals surface area contributed by atoms with Gasteiger partial charge in [0.15, 0.2) is 12.4 Å². The summed E-state index contributed by atoms with van der Waals surface area (Å²) in [6, 6.07) is 0. The van der Waals surface area contributed by atoms with Crippen LogP contribution < -0.4 is 11.2 Å². The molecule has 1 aromatic rings. The van der Waals surface area contributed by atoms with Crippen LogP contribution in [0.4, 0.5) is 8.78 Å². The van der Waals surface area contributed by atoms with Crippen molar-refractivity contribution in [2.45, 2.75) is 24.6 Å². The first-order valence-corrected chi connectivity index (χ1v) is 5.05. The molecule has 1 saturated heterocycles. The number of alkyl halides is 1.